The van der Waals surface area contributed by atoms with Crippen LogP contribution in [-0.4, -0.2) is 70.8 Å². The fourth-order valence-electron chi connectivity index (χ4n) is 4.28. The largest absolute Gasteiger partial charge is 0.756 e. The van der Waals surface area contributed by atoms with Gasteiger partial charge in [0.05, 0.1) is 33.4 Å². The van der Waals surface area contributed by atoms with Crippen LogP contribution in [0.5, 0.6) is 0 Å². The van der Waals surface area contributed by atoms with Gasteiger partial charge in [0.25, 0.3) is 7.82 Å². The number of rotatable bonds is 29. The molecule has 0 aromatic carbocycles. The van der Waals surface area contributed by atoms with Crippen molar-refractivity contribution in [3.05, 3.63) is 0 Å². The molecule has 0 radical (unpaired) electrons. The van der Waals surface area contributed by atoms with E-state index in [0.717, 1.165) is 24.0 Å². The van der Waals surface area contributed by atoms with E-state index in [4.69, 9.17) is 18.5 Å². The van der Waals surface area contributed by atoms with Gasteiger partial charge in [-0.2, -0.15) is 0 Å². The van der Waals surface area contributed by atoms with E-state index in [0.29, 0.717) is 19.8 Å². The molecule has 37 heavy (non-hydrogen) atoms. The first-order chi connectivity index (χ1) is 17.8. The van der Waals surface area contributed by atoms with Crippen LogP contribution in [0.3, 0.4) is 0 Å². The van der Waals surface area contributed by atoms with E-state index >= 15 is 0 Å². The number of phosphoric acid groups is 1. The topological polar surface area (TPSA) is 77.1 Å². The summed E-state index contributed by atoms with van der Waals surface area (Å²) in [6, 6.07) is 0. The highest BCUT2D eigenvalue weighted by Crippen LogP contribution is 2.38. The predicted octanol–water partition coefficient (Wildman–Crippen LogP) is 7.27. The molecule has 0 saturated carbocycles. The first kappa shape index (κ1) is 37.0. The minimum atomic E-state index is -4.34. The van der Waals surface area contributed by atoms with Gasteiger partial charge in [0, 0.05) is 13.7 Å². The van der Waals surface area contributed by atoms with E-state index in [1.165, 1.54) is 103 Å². The molecule has 0 N–H and O–H groups in total. The van der Waals surface area contributed by atoms with E-state index in [1.807, 2.05) is 0 Å². The van der Waals surface area contributed by atoms with Crippen LogP contribution in [-0.2, 0) is 23.1 Å². The second-order valence-corrected chi connectivity index (χ2v) is 12.2. The number of phosphoric ester groups is 1. The molecule has 0 aromatic rings. The van der Waals surface area contributed by atoms with Crippen molar-refractivity contribution in [2.75, 3.05) is 60.2 Å². The molecule has 0 fully saturated rings. The molecule has 0 aliphatic heterocycles. The number of ether oxygens (including phenoxy) is 2. The Hall–Kier alpha value is -0.0100. The summed E-state index contributed by atoms with van der Waals surface area (Å²) >= 11 is 0. The average Bonchev–Trinajstić information content (AvgIpc) is 2.89. The zero-order chi connectivity index (χ0) is 27.7. The van der Waals surface area contributed by atoms with Crippen molar-refractivity contribution < 1.29 is 32.5 Å². The van der Waals surface area contributed by atoms with Gasteiger partial charge in [0.15, 0.2) is 0 Å². The molecule has 2 atom stereocenters. The second-order valence-electron chi connectivity index (χ2n) is 10.8. The summed E-state index contributed by atoms with van der Waals surface area (Å²) < 4.78 is 33.8. The molecule has 0 aliphatic carbocycles. The van der Waals surface area contributed by atoms with E-state index in [-0.39, 0.29) is 13.2 Å². The lowest BCUT2D eigenvalue weighted by atomic mass is 10.0. The molecule has 0 aromatic heterocycles. The summed E-state index contributed by atoms with van der Waals surface area (Å²) in [4.78, 5) is 12.0. The first-order valence-corrected chi connectivity index (χ1v) is 16.8. The smallest absolute Gasteiger partial charge is 0.268 e. The van der Waals surface area contributed by atoms with Gasteiger partial charge in [-0.05, 0) is 20.3 Å². The number of nitrogens with zero attached hydrogens (tertiary/aromatic N) is 1. The van der Waals surface area contributed by atoms with Gasteiger partial charge in [0.2, 0.25) is 0 Å². The van der Waals surface area contributed by atoms with Crippen LogP contribution in [0.25, 0.3) is 0 Å². The van der Waals surface area contributed by atoms with Crippen molar-refractivity contribution in [3.63, 3.8) is 0 Å². The van der Waals surface area contributed by atoms with Crippen LogP contribution < -0.4 is 4.89 Å². The highest BCUT2D eigenvalue weighted by Gasteiger charge is 2.19. The van der Waals surface area contributed by atoms with Crippen LogP contribution in [0.15, 0.2) is 0 Å². The molecular formula is C29H62NO6P. The minimum absolute atomic E-state index is 0.0933. The monoisotopic (exact) mass is 551 g/mol. The fraction of sp³-hybridized carbons (Fsp3) is 1.00. The van der Waals surface area contributed by atoms with Crippen LogP contribution in [0.2, 0.25) is 0 Å². The van der Waals surface area contributed by atoms with Crippen LogP contribution in [0.4, 0.5) is 0 Å². The van der Waals surface area contributed by atoms with Gasteiger partial charge in [-0.15, -0.1) is 0 Å². The maximum Gasteiger partial charge on any atom is 0.268 e. The number of methoxy groups -OCH3 is 1. The number of unbranched alkanes of at least 4 members (excludes halogenated alkanes) is 15. The fourth-order valence-corrected chi connectivity index (χ4v) is 5.00. The standard InChI is InChI=1S/C29H62NO6P/c1-6-9-10-11-12-13-14-15-16-17-18-19-20-21-22-23-25-34-27-29(33-5)28-36-37(31,32)35-26-24-30(4,7-2)8-3/h29H,6-28H2,1-5H3/t29-/m0/s1. The van der Waals surface area contributed by atoms with Crippen LogP contribution in [0, 0.1) is 0 Å². The van der Waals surface area contributed by atoms with Crippen LogP contribution >= 0.6 is 7.82 Å². The zero-order valence-electron chi connectivity index (χ0n) is 25.2. The third-order valence-electron chi connectivity index (χ3n) is 7.61. The number of likely N-dealkylation sites (N-methyl/N-ethyl adjacent to an activating group) is 1. The second kappa shape index (κ2) is 25.0. The Morgan fingerprint density at radius 3 is 1.57 bits per heavy atom. The lowest BCUT2D eigenvalue weighted by Crippen LogP contribution is -2.45. The number of hydrogen-bond acceptors (Lipinski definition) is 6. The highest BCUT2D eigenvalue weighted by molar-refractivity contribution is 7.45. The Morgan fingerprint density at radius 2 is 1.14 bits per heavy atom. The lowest BCUT2D eigenvalue weighted by molar-refractivity contribution is -0.906. The molecule has 0 saturated heterocycles. The van der Waals surface area contributed by atoms with Gasteiger partial charge in [0.1, 0.15) is 19.3 Å². The summed E-state index contributed by atoms with van der Waals surface area (Å²) in [7, 11) is -0.724. The molecule has 0 amide bonds. The van der Waals surface area contributed by atoms with Crippen LogP contribution in [0.1, 0.15) is 124 Å². The molecule has 0 aliphatic rings. The molecule has 7 nitrogen and oxygen atoms in total. The van der Waals surface area contributed by atoms with Gasteiger partial charge in [-0.3, -0.25) is 4.57 Å². The third-order valence-corrected chi connectivity index (χ3v) is 8.57. The van der Waals surface area contributed by atoms with Crippen molar-refractivity contribution in [2.24, 2.45) is 0 Å². The maximum absolute atomic E-state index is 12.0. The third kappa shape index (κ3) is 23.6. The average molecular weight is 552 g/mol. The minimum Gasteiger partial charge on any atom is -0.756 e. The normalized spacial score (nSPS) is 14.6. The predicted molar refractivity (Wildman–Crippen MR) is 153 cm³/mol. The molecule has 0 spiro atoms. The zero-order valence-corrected chi connectivity index (χ0v) is 26.1. The maximum atomic E-state index is 12.0. The Bertz CT molecular complexity index is 533. The molecule has 1 unspecified atom stereocenters. The van der Waals surface area contributed by atoms with Gasteiger partial charge in [-0.1, -0.05) is 103 Å². The Balaban J connectivity index is 3.58. The van der Waals surface area contributed by atoms with Crippen molar-refractivity contribution in [1.29, 1.82) is 0 Å². The first-order valence-electron chi connectivity index (χ1n) is 15.4. The van der Waals surface area contributed by atoms with E-state index in [2.05, 4.69) is 27.8 Å². The molecule has 0 bridgehead atoms. The summed E-state index contributed by atoms with van der Waals surface area (Å²) in [5, 5.41) is 0. The molecule has 0 heterocycles. The van der Waals surface area contributed by atoms with Gasteiger partial charge >= 0.3 is 0 Å². The molecular weight excluding hydrogens is 489 g/mol. The lowest BCUT2D eigenvalue weighted by Gasteiger charge is -2.33. The Labute approximate surface area is 230 Å². The van der Waals surface area contributed by atoms with Crippen molar-refractivity contribution in [2.45, 2.75) is 130 Å². The summed E-state index contributed by atoms with van der Waals surface area (Å²) in [5.41, 5.74) is 0. The Kier molecular flexibility index (Phi) is 25.0. The number of quaternary nitrogens is 1. The van der Waals surface area contributed by atoms with Crippen molar-refractivity contribution in [1.82, 2.24) is 0 Å². The molecule has 0 rings (SSSR count). The SMILES string of the molecule is CCCCCCCCCCCCCCCCCCOC[C@@H](COP(=O)([O-])OCC[N+](C)(CC)CC)OC. The van der Waals surface area contributed by atoms with Gasteiger partial charge < -0.3 is 27.9 Å². The van der Waals surface area contributed by atoms with Gasteiger partial charge in [-0.25, -0.2) is 0 Å². The highest BCUT2D eigenvalue weighted by atomic mass is 31.2. The summed E-state index contributed by atoms with van der Waals surface area (Å²) in [6.07, 6.45) is 21.1. The Morgan fingerprint density at radius 1 is 0.676 bits per heavy atom. The van der Waals surface area contributed by atoms with E-state index in [9.17, 15) is 9.46 Å². The van der Waals surface area contributed by atoms with Crippen molar-refractivity contribution >= 4 is 7.82 Å². The quantitative estimate of drug-likeness (QED) is 0.0553. The summed E-state index contributed by atoms with van der Waals surface area (Å²) in [5.74, 6) is 0. The molecule has 224 valence electrons. The molecule has 8 heteroatoms. The van der Waals surface area contributed by atoms with Crippen molar-refractivity contribution in [3.8, 4) is 0 Å². The number of hydrogen-bond donors (Lipinski definition) is 0. The van der Waals surface area contributed by atoms with E-state index < -0.39 is 13.9 Å². The summed E-state index contributed by atoms with van der Waals surface area (Å²) in [6.45, 7) is 9.91. The van der Waals surface area contributed by atoms with E-state index in [1.54, 1.807) is 0 Å².